The Morgan fingerprint density at radius 3 is 2.68 bits per heavy atom. The Bertz CT molecular complexity index is 929. The molecule has 0 saturated carbocycles. The van der Waals surface area contributed by atoms with Gasteiger partial charge in [0.1, 0.15) is 5.75 Å². The average Bonchev–Trinajstić information content (AvgIpc) is 2.77. The van der Waals surface area contributed by atoms with E-state index in [0.29, 0.717) is 43.1 Å². The van der Waals surface area contributed by atoms with Gasteiger partial charge in [-0.2, -0.15) is 0 Å². The maximum atomic E-state index is 13.0. The molecule has 0 radical (unpaired) electrons. The largest absolute Gasteiger partial charge is 0.493 e. The summed E-state index contributed by atoms with van der Waals surface area (Å²) < 4.78 is 5.83. The zero-order valence-corrected chi connectivity index (χ0v) is 18.9. The molecular weight excluding hydrogens is 392 g/mol. The third kappa shape index (κ3) is 5.60. The lowest BCUT2D eigenvalue weighted by atomic mass is 10.00. The van der Waals surface area contributed by atoms with Gasteiger partial charge in [0.05, 0.1) is 23.9 Å². The monoisotopic (exact) mass is 424 g/mol. The first-order chi connectivity index (χ1) is 14.9. The molecule has 1 aliphatic rings. The molecule has 166 valence electrons. The lowest BCUT2D eigenvalue weighted by molar-refractivity contribution is -0.135. The lowest BCUT2D eigenvalue weighted by Crippen LogP contribution is -2.39. The Morgan fingerprint density at radius 1 is 1.19 bits per heavy atom. The second kappa shape index (κ2) is 10.4. The number of carbonyl (C=O) groups excluding carboxylic acids is 2. The first-order valence-electron chi connectivity index (χ1n) is 10.9. The van der Waals surface area contributed by atoms with E-state index >= 15 is 0 Å². The zero-order valence-electron chi connectivity index (χ0n) is 18.9. The molecule has 1 saturated heterocycles. The van der Waals surface area contributed by atoms with Crippen molar-refractivity contribution in [2.24, 2.45) is 0 Å². The standard InChI is InChI=1S/C24H32N4O3/c1-17-10-5-6-12-21(17)31-15-9-13-22(29)28-14-8-7-11-20(28)23-25-16-19(18(2)26-23)24(30)27(3)4/h5-6,10,12,16,20H,7-9,11,13-15H2,1-4H3/t20-/m1/s1. The number of aromatic nitrogens is 2. The molecule has 2 amide bonds. The van der Waals surface area contributed by atoms with Crippen LogP contribution in [-0.4, -0.2) is 58.8 Å². The molecule has 1 aliphatic heterocycles. The molecule has 7 heteroatoms. The first kappa shape index (κ1) is 22.7. The highest BCUT2D eigenvalue weighted by Crippen LogP contribution is 2.30. The number of likely N-dealkylation sites (tertiary alicyclic amines) is 1. The van der Waals surface area contributed by atoms with Crippen LogP contribution in [-0.2, 0) is 4.79 Å². The molecular formula is C24H32N4O3. The van der Waals surface area contributed by atoms with Crippen LogP contribution in [0.2, 0.25) is 0 Å². The SMILES string of the molecule is Cc1ccccc1OCCCC(=O)N1CCCC[C@@H]1c1ncc(C(=O)N(C)C)c(C)n1. The molecule has 0 unspecified atom stereocenters. The maximum Gasteiger partial charge on any atom is 0.256 e. The van der Waals surface area contributed by atoms with E-state index in [2.05, 4.69) is 9.97 Å². The summed E-state index contributed by atoms with van der Waals surface area (Å²) >= 11 is 0. The number of benzene rings is 1. The molecule has 2 heterocycles. The molecule has 0 aliphatic carbocycles. The molecule has 0 bridgehead atoms. The van der Waals surface area contributed by atoms with Crippen molar-refractivity contribution in [1.82, 2.24) is 19.8 Å². The summed E-state index contributed by atoms with van der Waals surface area (Å²) in [6.45, 7) is 5.05. The van der Waals surface area contributed by atoms with E-state index in [1.807, 2.05) is 43.0 Å². The highest BCUT2D eigenvalue weighted by molar-refractivity contribution is 5.94. The number of para-hydroxylation sites is 1. The molecule has 1 aromatic heterocycles. The number of piperidine rings is 1. The van der Waals surface area contributed by atoms with Gasteiger partial charge in [0.2, 0.25) is 5.91 Å². The third-order valence-corrected chi connectivity index (χ3v) is 5.64. The van der Waals surface area contributed by atoms with Gasteiger partial charge in [-0.05, 0) is 51.2 Å². The van der Waals surface area contributed by atoms with Gasteiger partial charge in [-0.1, -0.05) is 18.2 Å². The highest BCUT2D eigenvalue weighted by atomic mass is 16.5. The molecule has 1 atom stereocenters. The topological polar surface area (TPSA) is 75.6 Å². The summed E-state index contributed by atoms with van der Waals surface area (Å²) in [7, 11) is 3.42. The zero-order chi connectivity index (χ0) is 22.4. The average molecular weight is 425 g/mol. The van der Waals surface area contributed by atoms with Crippen LogP contribution in [0.3, 0.4) is 0 Å². The fraction of sp³-hybridized carbons (Fsp3) is 0.500. The summed E-state index contributed by atoms with van der Waals surface area (Å²) in [5, 5.41) is 0. The molecule has 31 heavy (non-hydrogen) atoms. The van der Waals surface area contributed by atoms with Gasteiger partial charge in [-0.15, -0.1) is 0 Å². The van der Waals surface area contributed by atoms with Crippen LogP contribution >= 0.6 is 0 Å². The van der Waals surface area contributed by atoms with E-state index in [9.17, 15) is 9.59 Å². The van der Waals surface area contributed by atoms with Gasteiger partial charge in [-0.3, -0.25) is 9.59 Å². The van der Waals surface area contributed by atoms with E-state index in [0.717, 1.165) is 30.6 Å². The van der Waals surface area contributed by atoms with Crippen LogP contribution in [0.5, 0.6) is 5.75 Å². The van der Waals surface area contributed by atoms with Crippen LogP contribution in [0.1, 0.15) is 65.6 Å². The number of ether oxygens (including phenoxy) is 1. The number of aryl methyl sites for hydroxylation is 2. The Balaban J connectivity index is 1.62. The van der Waals surface area contributed by atoms with Crippen LogP contribution in [0, 0.1) is 13.8 Å². The summed E-state index contributed by atoms with van der Waals surface area (Å²) in [4.78, 5) is 37.7. The molecule has 3 rings (SSSR count). The lowest BCUT2D eigenvalue weighted by Gasteiger charge is -2.35. The Hall–Kier alpha value is -2.96. The Labute approximate surface area is 184 Å². The van der Waals surface area contributed by atoms with E-state index in [1.54, 1.807) is 20.3 Å². The normalized spacial score (nSPS) is 16.1. The van der Waals surface area contributed by atoms with Gasteiger partial charge in [-0.25, -0.2) is 9.97 Å². The molecule has 2 aromatic rings. The van der Waals surface area contributed by atoms with Gasteiger partial charge in [0.25, 0.3) is 5.91 Å². The minimum Gasteiger partial charge on any atom is -0.493 e. The van der Waals surface area contributed by atoms with Gasteiger partial charge < -0.3 is 14.5 Å². The van der Waals surface area contributed by atoms with Crippen molar-refractivity contribution in [2.75, 3.05) is 27.2 Å². The summed E-state index contributed by atoms with van der Waals surface area (Å²) in [5.74, 6) is 1.47. The van der Waals surface area contributed by atoms with Crippen molar-refractivity contribution >= 4 is 11.8 Å². The minimum absolute atomic E-state index is 0.104. The second-order valence-electron chi connectivity index (χ2n) is 8.24. The Kier molecular flexibility index (Phi) is 7.60. The van der Waals surface area contributed by atoms with E-state index in [-0.39, 0.29) is 17.9 Å². The smallest absolute Gasteiger partial charge is 0.256 e. The number of hydrogen-bond acceptors (Lipinski definition) is 5. The van der Waals surface area contributed by atoms with Crippen molar-refractivity contribution in [3.63, 3.8) is 0 Å². The second-order valence-corrected chi connectivity index (χ2v) is 8.24. The third-order valence-electron chi connectivity index (χ3n) is 5.64. The fourth-order valence-corrected chi connectivity index (χ4v) is 3.86. The molecule has 0 N–H and O–H groups in total. The van der Waals surface area contributed by atoms with Gasteiger partial charge in [0.15, 0.2) is 5.82 Å². The number of nitrogens with zero attached hydrogens (tertiary/aromatic N) is 4. The highest BCUT2D eigenvalue weighted by Gasteiger charge is 2.30. The predicted molar refractivity (Wildman–Crippen MR) is 119 cm³/mol. The van der Waals surface area contributed by atoms with E-state index < -0.39 is 0 Å². The fourth-order valence-electron chi connectivity index (χ4n) is 3.86. The quantitative estimate of drug-likeness (QED) is 0.634. The number of hydrogen-bond donors (Lipinski definition) is 0. The molecule has 1 aromatic carbocycles. The Morgan fingerprint density at radius 2 is 1.97 bits per heavy atom. The maximum absolute atomic E-state index is 13.0. The van der Waals surface area contributed by atoms with Crippen molar-refractivity contribution in [2.45, 2.75) is 52.0 Å². The first-order valence-corrected chi connectivity index (χ1v) is 10.9. The van der Waals surface area contributed by atoms with E-state index in [4.69, 9.17) is 4.74 Å². The summed E-state index contributed by atoms with van der Waals surface area (Å²) in [5.41, 5.74) is 2.23. The number of amides is 2. The summed E-state index contributed by atoms with van der Waals surface area (Å²) in [6.07, 6.45) is 5.54. The van der Waals surface area contributed by atoms with Crippen molar-refractivity contribution in [3.8, 4) is 5.75 Å². The van der Waals surface area contributed by atoms with Crippen LogP contribution in [0.15, 0.2) is 30.5 Å². The van der Waals surface area contributed by atoms with Crippen LogP contribution in [0.25, 0.3) is 0 Å². The van der Waals surface area contributed by atoms with Crippen LogP contribution in [0.4, 0.5) is 0 Å². The number of carbonyl (C=O) groups is 2. The number of rotatable bonds is 7. The van der Waals surface area contributed by atoms with E-state index in [1.165, 1.54) is 4.90 Å². The van der Waals surface area contributed by atoms with Crippen molar-refractivity contribution < 1.29 is 14.3 Å². The predicted octanol–water partition coefficient (Wildman–Crippen LogP) is 3.71. The minimum atomic E-state index is -0.138. The molecule has 0 spiro atoms. The van der Waals surface area contributed by atoms with Gasteiger partial charge in [0, 0.05) is 33.3 Å². The molecule has 1 fully saturated rings. The van der Waals surface area contributed by atoms with Crippen molar-refractivity contribution in [1.29, 1.82) is 0 Å². The van der Waals surface area contributed by atoms with Crippen molar-refractivity contribution in [3.05, 3.63) is 53.1 Å². The summed E-state index contributed by atoms with van der Waals surface area (Å²) in [6, 6.07) is 7.75. The molecule has 7 nitrogen and oxygen atoms in total. The van der Waals surface area contributed by atoms with Crippen LogP contribution < -0.4 is 4.74 Å². The van der Waals surface area contributed by atoms with Gasteiger partial charge >= 0.3 is 0 Å².